The van der Waals surface area contributed by atoms with E-state index in [1.54, 1.807) is 6.20 Å². The highest BCUT2D eigenvalue weighted by atomic mass is 15.1. The smallest absolute Gasteiger partial charge is 0.161 e. The van der Waals surface area contributed by atoms with Crippen LogP contribution in [0.2, 0.25) is 0 Å². The van der Waals surface area contributed by atoms with Crippen molar-refractivity contribution < 1.29 is 0 Å². The fourth-order valence-electron chi connectivity index (χ4n) is 2.96. The Balaban J connectivity index is 1.80. The van der Waals surface area contributed by atoms with Crippen LogP contribution >= 0.6 is 0 Å². The topological polar surface area (TPSA) is 46.8 Å². The van der Waals surface area contributed by atoms with Crippen LogP contribution in [0.15, 0.2) is 60.8 Å². The van der Waals surface area contributed by atoms with Gasteiger partial charge in [0.05, 0.1) is 11.0 Å². The third-order valence-corrected chi connectivity index (χ3v) is 4.24. The summed E-state index contributed by atoms with van der Waals surface area (Å²) in [5.41, 5.74) is 4.16. The van der Waals surface area contributed by atoms with Crippen molar-refractivity contribution in [3.8, 4) is 17.2 Å². The first kappa shape index (κ1) is 15.3. The zero-order valence-electron chi connectivity index (χ0n) is 14.5. The van der Waals surface area contributed by atoms with Gasteiger partial charge < -0.3 is 4.90 Å². The maximum absolute atomic E-state index is 4.77. The second-order valence-corrected chi connectivity index (χ2v) is 6.16. The lowest BCUT2D eigenvalue weighted by atomic mass is 10.2. The molecule has 2 aromatic heterocycles. The number of benzene rings is 2. The molecule has 0 bridgehead atoms. The number of hydrogen-bond acceptors (Lipinski definition) is 4. The average molecular weight is 329 g/mol. The summed E-state index contributed by atoms with van der Waals surface area (Å²) in [5.74, 6) is 2.45. The molecule has 0 saturated carbocycles. The number of rotatable bonds is 3. The van der Waals surface area contributed by atoms with E-state index in [9.17, 15) is 0 Å². The van der Waals surface area contributed by atoms with E-state index in [0.29, 0.717) is 5.82 Å². The minimum absolute atomic E-state index is 0.708. The molecule has 0 radical (unpaired) electrons. The molecular weight excluding hydrogens is 310 g/mol. The maximum Gasteiger partial charge on any atom is 0.161 e. The molecule has 2 heterocycles. The third-order valence-electron chi connectivity index (χ3n) is 4.24. The zero-order valence-corrected chi connectivity index (χ0v) is 14.5. The lowest BCUT2D eigenvalue weighted by molar-refractivity contribution is 0.945. The van der Waals surface area contributed by atoms with Crippen LogP contribution in [0.4, 0.5) is 5.69 Å². The zero-order chi connectivity index (χ0) is 17.4. The maximum atomic E-state index is 4.77. The quantitative estimate of drug-likeness (QED) is 0.573. The molecule has 5 nitrogen and oxygen atoms in total. The van der Waals surface area contributed by atoms with Crippen LogP contribution in [0, 0.1) is 6.92 Å². The first-order valence-corrected chi connectivity index (χ1v) is 8.19. The molecule has 0 aliphatic heterocycles. The summed E-state index contributed by atoms with van der Waals surface area (Å²) in [6.45, 7) is 1.99. The van der Waals surface area contributed by atoms with Crippen LogP contribution in [0.25, 0.3) is 28.2 Å². The van der Waals surface area contributed by atoms with Crippen LogP contribution in [0.1, 0.15) is 5.82 Å². The summed E-state index contributed by atoms with van der Waals surface area (Å²) in [4.78, 5) is 15.9. The SMILES string of the molecule is Cc1nc2ccccc2n1-c1ccnc(-c2ccc(N(C)C)cc2)n1. The molecule has 0 amide bonds. The van der Waals surface area contributed by atoms with Gasteiger partial charge in [0.25, 0.3) is 0 Å². The predicted octanol–water partition coefficient (Wildman–Crippen LogP) is 3.86. The van der Waals surface area contributed by atoms with Crippen molar-refractivity contribution >= 4 is 16.7 Å². The monoisotopic (exact) mass is 329 g/mol. The van der Waals surface area contributed by atoms with Gasteiger partial charge in [-0.15, -0.1) is 0 Å². The Bertz CT molecular complexity index is 1030. The van der Waals surface area contributed by atoms with Crippen molar-refractivity contribution in [3.05, 3.63) is 66.6 Å². The lowest BCUT2D eigenvalue weighted by Gasteiger charge is -2.12. The van der Waals surface area contributed by atoms with Crippen LogP contribution in [-0.2, 0) is 0 Å². The van der Waals surface area contributed by atoms with Crippen LogP contribution in [0.5, 0.6) is 0 Å². The summed E-state index contributed by atoms with van der Waals surface area (Å²) in [5, 5.41) is 0. The van der Waals surface area contributed by atoms with Gasteiger partial charge >= 0.3 is 0 Å². The van der Waals surface area contributed by atoms with E-state index in [2.05, 4.69) is 37.6 Å². The van der Waals surface area contributed by atoms with E-state index in [4.69, 9.17) is 4.98 Å². The second-order valence-electron chi connectivity index (χ2n) is 6.16. The number of aryl methyl sites for hydroxylation is 1. The standard InChI is InChI=1S/C20H19N5/c1-14-22-17-6-4-5-7-18(17)25(14)19-12-13-21-20(23-19)15-8-10-16(11-9-15)24(2)3/h4-13H,1-3H3. The van der Waals surface area contributed by atoms with Crippen molar-refractivity contribution in [1.29, 1.82) is 0 Å². The molecule has 124 valence electrons. The van der Waals surface area contributed by atoms with Crippen molar-refractivity contribution in [2.24, 2.45) is 0 Å². The predicted molar refractivity (Wildman–Crippen MR) is 101 cm³/mol. The van der Waals surface area contributed by atoms with Gasteiger partial charge in [-0.2, -0.15) is 0 Å². The number of fused-ring (bicyclic) bond motifs is 1. The van der Waals surface area contributed by atoms with E-state index in [1.807, 2.05) is 57.4 Å². The molecule has 0 N–H and O–H groups in total. The van der Waals surface area contributed by atoms with Crippen molar-refractivity contribution in [2.45, 2.75) is 6.92 Å². The van der Waals surface area contributed by atoms with Gasteiger partial charge in [-0.1, -0.05) is 12.1 Å². The molecule has 0 aliphatic rings. The summed E-state index contributed by atoms with van der Waals surface area (Å²) in [7, 11) is 4.05. The van der Waals surface area contributed by atoms with Gasteiger partial charge in [0.15, 0.2) is 5.82 Å². The van der Waals surface area contributed by atoms with E-state index < -0.39 is 0 Å². The normalized spacial score (nSPS) is 11.0. The van der Waals surface area contributed by atoms with Gasteiger partial charge in [0, 0.05) is 31.5 Å². The molecule has 0 unspecified atom stereocenters. The van der Waals surface area contributed by atoms with Gasteiger partial charge in [0.2, 0.25) is 0 Å². The first-order chi connectivity index (χ1) is 12.1. The van der Waals surface area contributed by atoms with E-state index in [0.717, 1.165) is 33.9 Å². The van der Waals surface area contributed by atoms with E-state index in [-0.39, 0.29) is 0 Å². The number of nitrogens with zero attached hydrogens (tertiary/aromatic N) is 5. The lowest BCUT2D eigenvalue weighted by Crippen LogP contribution is -2.08. The Morgan fingerprint density at radius 1 is 0.880 bits per heavy atom. The molecule has 4 aromatic rings. The van der Waals surface area contributed by atoms with Gasteiger partial charge in [-0.3, -0.25) is 4.57 Å². The van der Waals surface area contributed by atoms with Gasteiger partial charge in [-0.05, 0) is 49.4 Å². The highest BCUT2D eigenvalue weighted by Crippen LogP contribution is 2.23. The second kappa shape index (κ2) is 6.02. The first-order valence-electron chi connectivity index (χ1n) is 8.19. The average Bonchev–Trinajstić information content (AvgIpc) is 2.97. The molecule has 0 atom stereocenters. The Morgan fingerprint density at radius 3 is 2.40 bits per heavy atom. The number of imidazole rings is 1. The molecule has 0 saturated heterocycles. The molecule has 2 aromatic carbocycles. The number of para-hydroxylation sites is 2. The molecule has 5 heteroatoms. The number of hydrogen-bond donors (Lipinski definition) is 0. The van der Waals surface area contributed by atoms with Crippen LogP contribution in [0.3, 0.4) is 0 Å². The molecule has 0 fully saturated rings. The highest BCUT2D eigenvalue weighted by Gasteiger charge is 2.11. The Kier molecular flexibility index (Phi) is 3.69. The third kappa shape index (κ3) is 2.74. The number of aromatic nitrogens is 4. The molecule has 25 heavy (non-hydrogen) atoms. The molecule has 0 aliphatic carbocycles. The Labute approximate surface area is 146 Å². The van der Waals surface area contributed by atoms with Gasteiger partial charge in [-0.25, -0.2) is 15.0 Å². The molecule has 0 spiro atoms. The largest absolute Gasteiger partial charge is 0.378 e. The minimum Gasteiger partial charge on any atom is -0.378 e. The summed E-state index contributed by atoms with van der Waals surface area (Å²) < 4.78 is 2.06. The van der Waals surface area contributed by atoms with Crippen molar-refractivity contribution in [2.75, 3.05) is 19.0 Å². The van der Waals surface area contributed by atoms with E-state index in [1.165, 1.54) is 0 Å². The minimum atomic E-state index is 0.708. The van der Waals surface area contributed by atoms with E-state index >= 15 is 0 Å². The van der Waals surface area contributed by atoms with Crippen LogP contribution in [-0.4, -0.2) is 33.6 Å². The fraction of sp³-hybridized carbons (Fsp3) is 0.150. The van der Waals surface area contributed by atoms with Crippen LogP contribution < -0.4 is 4.90 Å². The Morgan fingerprint density at radius 2 is 1.64 bits per heavy atom. The Hall–Kier alpha value is -3.21. The van der Waals surface area contributed by atoms with Crippen molar-refractivity contribution in [1.82, 2.24) is 19.5 Å². The van der Waals surface area contributed by atoms with Crippen molar-refractivity contribution in [3.63, 3.8) is 0 Å². The molecule has 4 rings (SSSR count). The highest BCUT2D eigenvalue weighted by molar-refractivity contribution is 5.78. The fourth-order valence-corrected chi connectivity index (χ4v) is 2.96. The summed E-state index contributed by atoms with van der Waals surface area (Å²) in [6, 6.07) is 18.2. The summed E-state index contributed by atoms with van der Waals surface area (Å²) in [6.07, 6.45) is 1.80. The number of anilines is 1. The molecular formula is C20H19N5. The summed E-state index contributed by atoms with van der Waals surface area (Å²) >= 11 is 0. The van der Waals surface area contributed by atoms with Gasteiger partial charge in [0.1, 0.15) is 11.6 Å².